The van der Waals surface area contributed by atoms with Gasteiger partial charge in [-0.15, -0.1) is 11.3 Å². The van der Waals surface area contributed by atoms with Crippen LogP contribution >= 0.6 is 22.9 Å². The molecule has 0 saturated heterocycles. The Morgan fingerprint density at radius 2 is 2.18 bits per heavy atom. The lowest BCUT2D eigenvalue weighted by Crippen LogP contribution is -2.33. The molecular formula is C15H21ClN4OS. The molecule has 0 unspecified atom stereocenters. The number of hydrogen-bond donors (Lipinski definition) is 1. The first kappa shape index (κ1) is 17.0. The third-order valence-corrected chi connectivity index (χ3v) is 4.94. The molecule has 5 nitrogen and oxygen atoms in total. The van der Waals surface area contributed by atoms with Crippen molar-refractivity contribution >= 4 is 28.8 Å². The summed E-state index contributed by atoms with van der Waals surface area (Å²) in [5, 5.41) is 3.90. The summed E-state index contributed by atoms with van der Waals surface area (Å²) < 4.78 is 2.64. The number of carbonyl (C=O) groups is 1. The van der Waals surface area contributed by atoms with E-state index in [1.54, 1.807) is 6.20 Å². The van der Waals surface area contributed by atoms with Crippen molar-refractivity contribution in [2.75, 3.05) is 6.54 Å². The van der Waals surface area contributed by atoms with Gasteiger partial charge in [-0.25, -0.2) is 9.97 Å². The van der Waals surface area contributed by atoms with Crippen molar-refractivity contribution in [3.8, 4) is 0 Å². The number of nitrogens with one attached hydrogen (secondary N) is 1. The van der Waals surface area contributed by atoms with Crippen molar-refractivity contribution in [1.82, 2.24) is 19.9 Å². The van der Waals surface area contributed by atoms with Gasteiger partial charge < -0.3 is 9.88 Å². The second-order valence-electron chi connectivity index (χ2n) is 5.53. The fourth-order valence-corrected chi connectivity index (χ4v) is 3.30. The third kappa shape index (κ3) is 3.87. The van der Waals surface area contributed by atoms with E-state index in [9.17, 15) is 4.79 Å². The van der Waals surface area contributed by atoms with E-state index in [1.165, 1.54) is 11.3 Å². The van der Waals surface area contributed by atoms with Gasteiger partial charge in [0.05, 0.1) is 10.7 Å². The fourth-order valence-electron chi connectivity index (χ4n) is 2.20. The molecule has 0 aliphatic carbocycles. The van der Waals surface area contributed by atoms with E-state index in [0.717, 1.165) is 20.9 Å². The lowest BCUT2D eigenvalue weighted by molar-refractivity contribution is -0.123. The monoisotopic (exact) mass is 340 g/mol. The van der Waals surface area contributed by atoms with Crippen LogP contribution in [0.15, 0.2) is 12.4 Å². The predicted octanol–water partition coefficient (Wildman–Crippen LogP) is 3.34. The molecule has 0 saturated carbocycles. The maximum atomic E-state index is 12.3. The van der Waals surface area contributed by atoms with Gasteiger partial charge in [-0.1, -0.05) is 25.4 Å². The molecule has 1 amide bonds. The minimum Gasteiger partial charge on any atom is -0.354 e. The Balaban J connectivity index is 1.90. The van der Waals surface area contributed by atoms with Crippen LogP contribution in [0.25, 0.3) is 0 Å². The topological polar surface area (TPSA) is 59.8 Å². The fraction of sp³-hybridized carbons (Fsp3) is 0.533. The highest BCUT2D eigenvalue weighted by atomic mass is 35.5. The molecule has 1 N–H and O–H groups in total. The molecule has 0 radical (unpaired) electrons. The second-order valence-corrected chi connectivity index (χ2v) is 7.22. The van der Waals surface area contributed by atoms with Crippen LogP contribution in [-0.4, -0.2) is 27.0 Å². The largest absolute Gasteiger partial charge is 0.354 e. The van der Waals surface area contributed by atoms with E-state index in [0.29, 0.717) is 13.0 Å². The Kier molecular flexibility index (Phi) is 5.58. The van der Waals surface area contributed by atoms with Crippen molar-refractivity contribution in [3.63, 3.8) is 0 Å². The van der Waals surface area contributed by atoms with Crippen molar-refractivity contribution < 1.29 is 4.79 Å². The van der Waals surface area contributed by atoms with E-state index in [-0.39, 0.29) is 17.9 Å². The number of amides is 1. The number of halogens is 1. The normalized spacial score (nSPS) is 12.6. The number of rotatable bonds is 6. The lowest BCUT2D eigenvalue weighted by atomic mass is 10.2. The molecule has 120 valence electrons. The molecule has 7 heteroatoms. The zero-order chi connectivity index (χ0) is 16.3. The number of hydrogen-bond acceptors (Lipinski definition) is 4. The number of thiazole rings is 1. The van der Waals surface area contributed by atoms with Gasteiger partial charge in [0.2, 0.25) is 5.91 Å². The van der Waals surface area contributed by atoms with E-state index < -0.39 is 0 Å². The van der Waals surface area contributed by atoms with Crippen molar-refractivity contribution in [3.05, 3.63) is 33.3 Å². The van der Waals surface area contributed by atoms with Crippen LogP contribution in [0.5, 0.6) is 0 Å². The first-order chi connectivity index (χ1) is 10.4. The molecular weight excluding hydrogens is 320 g/mol. The Morgan fingerprint density at radius 3 is 2.77 bits per heavy atom. The van der Waals surface area contributed by atoms with Crippen LogP contribution in [0, 0.1) is 6.92 Å². The van der Waals surface area contributed by atoms with Crippen molar-refractivity contribution in [2.24, 2.45) is 0 Å². The first-order valence-electron chi connectivity index (χ1n) is 7.32. The summed E-state index contributed by atoms with van der Waals surface area (Å²) in [6, 6.07) is -0.276. The molecule has 2 aromatic rings. The maximum Gasteiger partial charge on any atom is 0.242 e. The molecule has 1 atom stereocenters. The minimum atomic E-state index is -0.276. The van der Waals surface area contributed by atoms with Crippen LogP contribution < -0.4 is 5.32 Å². The van der Waals surface area contributed by atoms with Crippen LogP contribution in [0.4, 0.5) is 0 Å². The zero-order valence-corrected chi connectivity index (χ0v) is 14.8. The van der Waals surface area contributed by atoms with Crippen molar-refractivity contribution in [1.29, 1.82) is 0 Å². The van der Waals surface area contributed by atoms with Gasteiger partial charge in [-0.2, -0.15) is 0 Å². The standard InChI is InChI=1S/C15H21ClN4OS/c1-9(2)14-17-7-8-20(14)11(4)15(21)18-6-5-12-19-10(3)13(16)22-12/h7-9,11H,5-6H2,1-4H3,(H,18,21)/t11-/m0/s1. The molecule has 0 fully saturated rings. The lowest BCUT2D eigenvalue weighted by Gasteiger charge is -2.17. The molecule has 2 aromatic heterocycles. The van der Waals surface area contributed by atoms with Crippen LogP contribution in [-0.2, 0) is 11.2 Å². The van der Waals surface area contributed by atoms with Crippen LogP contribution in [0.3, 0.4) is 0 Å². The van der Waals surface area contributed by atoms with Gasteiger partial charge in [0, 0.05) is 31.3 Å². The Hall–Kier alpha value is -1.40. The van der Waals surface area contributed by atoms with Crippen LogP contribution in [0.2, 0.25) is 4.34 Å². The van der Waals surface area contributed by atoms with Gasteiger partial charge in [-0.3, -0.25) is 4.79 Å². The molecule has 0 aliphatic rings. The van der Waals surface area contributed by atoms with E-state index in [4.69, 9.17) is 11.6 Å². The first-order valence-corrected chi connectivity index (χ1v) is 8.51. The Labute approximate surface area is 139 Å². The summed E-state index contributed by atoms with van der Waals surface area (Å²) in [5.41, 5.74) is 0.848. The second kappa shape index (κ2) is 7.24. The molecule has 2 heterocycles. The van der Waals surface area contributed by atoms with Gasteiger partial charge in [0.25, 0.3) is 0 Å². The number of aryl methyl sites for hydroxylation is 1. The van der Waals surface area contributed by atoms with E-state index >= 15 is 0 Å². The Morgan fingerprint density at radius 1 is 1.45 bits per heavy atom. The summed E-state index contributed by atoms with van der Waals surface area (Å²) in [5.74, 6) is 1.19. The molecule has 0 aliphatic heterocycles. The van der Waals surface area contributed by atoms with E-state index in [1.807, 2.05) is 24.6 Å². The predicted molar refractivity (Wildman–Crippen MR) is 89.6 cm³/mol. The minimum absolute atomic E-state index is 0.0146. The smallest absolute Gasteiger partial charge is 0.242 e. The van der Waals surface area contributed by atoms with Crippen LogP contribution in [0.1, 0.15) is 49.3 Å². The average Bonchev–Trinajstić information content (AvgIpc) is 3.05. The van der Waals surface area contributed by atoms with E-state index in [2.05, 4.69) is 29.1 Å². The summed E-state index contributed by atoms with van der Waals surface area (Å²) in [6.07, 6.45) is 4.28. The quantitative estimate of drug-likeness (QED) is 0.877. The van der Waals surface area contributed by atoms with Gasteiger partial charge in [0.15, 0.2) is 0 Å². The van der Waals surface area contributed by atoms with Gasteiger partial charge in [-0.05, 0) is 13.8 Å². The summed E-state index contributed by atoms with van der Waals surface area (Å²) in [6.45, 7) is 8.46. The summed E-state index contributed by atoms with van der Waals surface area (Å²) >= 11 is 7.46. The third-order valence-electron chi connectivity index (χ3n) is 3.43. The molecule has 0 aromatic carbocycles. The summed E-state index contributed by atoms with van der Waals surface area (Å²) in [4.78, 5) is 21.0. The summed E-state index contributed by atoms with van der Waals surface area (Å²) in [7, 11) is 0. The zero-order valence-electron chi connectivity index (χ0n) is 13.3. The highest BCUT2D eigenvalue weighted by Gasteiger charge is 2.18. The van der Waals surface area contributed by atoms with Crippen molar-refractivity contribution in [2.45, 2.75) is 46.1 Å². The Bertz CT molecular complexity index is 630. The number of carbonyl (C=O) groups excluding carboxylic acids is 1. The average molecular weight is 341 g/mol. The molecule has 2 rings (SSSR count). The van der Waals surface area contributed by atoms with Gasteiger partial charge in [0.1, 0.15) is 16.2 Å². The maximum absolute atomic E-state index is 12.3. The highest BCUT2D eigenvalue weighted by Crippen LogP contribution is 2.23. The highest BCUT2D eigenvalue weighted by molar-refractivity contribution is 7.16. The number of aromatic nitrogens is 3. The molecule has 0 spiro atoms. The SMILES string of the molecule is Cc1nc(CCNC(=O)[C@H](C)n2ccnc2C(C)C)sc1Cl. The molecule has 0 bridgehead atoms. The molecule has 22 heavy (non-hydrogen) atoms. The number of nitrogens with zero attached hydrogens (tertiary/aromatic N) is 3. The number of imidazole rings is 1. The van der Waals surface area contributed by atoms with Gasteiger partial charge >= 0.3 is 0 Å².